The Kier molecular flexibility index (Phi) is 7.70. The molecule has 0 N–H and O–H groups in total. The van der Waals surface area contributed by atoms with Gasteiger partial charge in [-0.2, -0.15) is 0 Å². The number of nitrogens with zero attached hydrogens (tertiary/aromatic N) is 2. The molecule has 2 nitrogen and oxygen atoms in total. The van der Waals surface area contributed by atoms with Crippen molar-refractivity contribution in [2.75, 3.05) is 4.90 Å². The average Bonchev–Trinajstić information content (AvgIpc) is 3.96. The predicted octanol–water partition coefficient (Wildman–Crippen LogP) is 16.6. The molecule has 14 rings (SSSR count). The van der Waals surface area contributed by atoms with Gasteiger partial charge in [0.2, 0.25) is 0 Å². The fraction of sp³-hybridized carbons (Fsp3) is 0.0625. The first kappa shape index (κ1) is 37.2. The second-order valence-electron chi connectivity index (χ2n) is 18.7. The third kappa shape index (κ3) is 4.80. The van der Waals surface area contributed by atoms with Crippen LogP contribution in [0.25, 0.3) is 72.0 Å². The molecule has 0 bridgehead atoms. The molecule has 11 aromatic rings. The maximum absolute atomic E-state index is 2.61. The van der Waals surface area contributed by atoms with Crippen LogP contribution in [0.1, 0.15) is 47.2 Å². The Labute approximate surface area is 385 Å². The summed E-state index contributed by atoms with van der Waals surface area (Å²) in [6.45, 7) is 4.77. The zero-order valence-corrected chi connectivity index (χ0v) is 36.8. The van der Waals surface area contributed by atoms with Gasteiger partial charge in [0.1, 0.15) is 0 Å². The highest BCUT2D eigenvalue weighted by atomic mass is 15.2. The van der Waals surface area contributed by atoms with Gasteiger partial charge in [-0.25, -0.2) is 0 Å². The van der Waals surface area contributed by atoms with E-state index in [0.717, 1.165) is 11.4 Å². The lowest BCUT2D eigenvalue weighted by molar-refractivity contribution is 0.660. The van der Waals surface area contributed by atoms with Gasteiger partial charge < -0.3 is 9.47 Å². The molecule has 1 atom stereocenters. The minimum Gasteiger partial charge on any atom is -0.309 e. The number of para-hydroxylation sites is 4. The Bertz CT molecular complexity index is 3810. The van der Waals surface area contributed by atoms with Gasteiger partial charge in [0.25, 0.3) is 0 Å². The van der Waals surface area contributed by atoms with Crippen molar-refractivity contribution < 1.29 is 0 Å². The molecule has 0 amide bonds. The number of rotatable bonds is 5. The molecule has 1 spiro atoms. The van der Waals surface area contributed by atoms with Crippen LogP contribution in [0, 0.1) is 0 Å². The van der Waals surface area contributed by atoms with Crippen LogP contribution in [0.4, 0.5) is 17.1 Å². The van der Waals surface area contributed by atoms with E-state index in [4.69, 9.17) is 0 Å². The van der Waals surface area contributed by atoms with Crippen molar-refractivity contribution >= 4 is 38.9 Å². The lowest BCUT2D eigenvalue weighted by atomic mass is 9.65. The highest BCUT2D eigenvalue weighted by molar-refractivity contribution is 6.13. The molecular weight excluding hydrogens is 797 g/mol. The van der Waals surface area contributed by atoms with Crippen LogP contribution < -0.4 is 4.90 Å². The largest absolute Gasteiger partial charge is 0.309 e. The zero-order valence-electron chi connectivity index (χ0n) is 36.8. The third-order valence-corrected chi connectivity index (χ3v) is 15.2. The maximum atomic E-state index is 2.61. The van der Waals surface area contributed by atoms with Gasteiger partial charge in [0, 0.05) is 32.9 Å². The summed E-state index contributed by atoms with van der Waals surface area (Å²) in [5, 5.41) is 2.56. The van der Waals surface area contributed by atoms with Crippen molar-refractivity contribution in [3.63, 3.8) is 0 Å². The molecule has 2 aliphatic carbocycles. The van der Waals surface area contributed by atoms with E-state index in [2.05, 4.69) is 254 Å². The van der Waals surface area contributed by atoms with Crippen molar-refractivity contribution in [3.8, 4) is 50.2 Å². The van der Waals surface area contributed by atoms with Gasteiger partial charge in [-0.15, -0.1) is 0 Å². The van der Waals surface area contributed by atoms with Crippen molar-refractivity contribution in [2.24, 2.45) is 0 Å². The van der Waals surface area contributed by atoms with Crippen LogP contribution in [-0.4, -0.2) is 4.57 Å². The predicted molar refractivity (Wildman–Crippen MR) is 275 cm³/mol. The van der Waals surface area contributed by atoms with E-state index in [1.54, 1.807) is 0 Å². The topological polar surface area (TPSA) is 8.17 Å². The number of hydrogen-bond donors (Lipinski definition) is 0. The molecule has 2 heteroatoms. The highest BCUT2D eigenvalue weighted by Crippen LogP contribution is 2.64. The molecule has 0 saturated heterocycles. The van der Waals surface area contributed by atoms with Crippen LogP contribution >= 0.6 is 0 Å². The minimum absolute atomic E-state index is 0.171. The van der Waals surface area contributed by atoms with Gasteiger partial charge in [0.15, 0.2) is 0 Å². The summed E-state index contributed by atoms with van der Waals surface area (Å²) in [6, 6.07) is 86.4. The normalized spacial score (nSPS) is 15.6. The standard InChI is InChI=1S/C64H44N2/c1-63(2)49-29-10-6-26-47(49)60-52(63)32-18-38-58(60)65(55-35-13-8-24-44(55)43-23-16-22-42(40-43)41-20-4-3-5-21-41)59-39-19-33-53-61(59)48-27-7-11-30-50(48)64(53)51-31-12-15-37-57(51)66-56-36-14-9-25-45(56)46-28-17-34-54(64)62(46)66/h3-40H,1-2H3. The second-order valence-corrected chi connectivity index (χ2v) is 18.7. The van der Waals surface area contributed by atoms with Gasteiger partial charge in [-0.1, -0.05) is 208 Å². The quantitative estimate of drug-likeness (QED) is 0.168. The number of aromatic nitrogens is 1. The first-order chi connectivity index (χ1) is 32.5. The molecule has 3 aliphatic rings. The molecule has 1 aliphatic heterocycles. The summed E-state index contributed by atoms with van der Waals surface area (Å²) in [7, 11) is 0. The van der Waals surface area contributed by atoms with Crippen molar-refractivity contribution in [1.29, 1.82) is 0 Å². The summed E-state index contributed by atoms with van der Waals surface area (Å²) in [4.78, 5) is 2.61. The highest BCUT2D eigenvalue weighted by Gasteiger charge is 2.52. The Morgan fingerprint density at radius 2 is 0.864 bits per heavy atom. The van der Waals surface area contributed by atoms with Gasteiger partial charge in [-0.3, -0.25) is 0 Å². The van der Waals surface area contributed by atoms with E-state index >= 15 is 0 Å². The SMILES string of the molecule is CC1(C)c2ccccc2-c2c(N(c3ccccc3-c3cccc(-c4ccccc4)c3)c3cccc4c3-c3ccccc3C43c4ccccc4-n4c5ccccc5c5cccc3c54)cccc21. The number of benzene rings is 10. The van der Waals surface area contributed by atoms with E-state index in [9.17, 15) is 0 Å². The molecular formula is C64H44N2. The van der Waals surface area contributed by atoms with E-state index in [1.807, 2.05) is 0 Å². The number of fused-ring (bicyclic) bond motifs is 15. The lowest BCUT2D eigenvalue weighted by Crippen LogP contribution is -2.33. The van der Waals surface area contributed by atoms with Crippen LogP contribution in [0.15, 0.2) is 231 Å². The van der Waals surface area contributed by atoms with E-state index in [0.29, 0.717) is 0 Å². The lowest BCUT2D eigenvalue weighted by Gasteiger charge is -2.40. The molecule has 0 saturated carbocycles. The molecule has 1 unspecified atom stereocenters. The van der Waals surface area contributed by atoms with Gasteiger partial charge in [-0.05, 0) is 97.6 Å². The molecule has 1 aromatic heterocycles. The third-order valence-electron chi connectivity index (χ3n) is 15.2. The fourth-order valence-electron chi connectivity index (χ4n) is 12.5. The summed E-state index contributed by atoms with van der Waals surface area (Å²) in [5.41, 5.74) is 24.3. The Balaban J connectivity index is 1.11. The van der Waals surface area contributed by atoms with Gasteiger partial charge in [0.05, 0.1) is 39.2 Å². The van der Waals surface area contributed by atoms with Crippen LogP contribution in [0.3, 0.4) is 0 Å². The maximum Gasteiger partial charge on any atom is 0.0755 e. The summed E-state index contributed by atoms with van der Waals surface area (Å²) >= 11 is 0. The molecule has 10 aromatic carbocycles. The second kappa shape index (κ2) is 13.7. The van der Waals surface area contributed by atoms with E-state index in [-0.39, 0.29) is 5.41 Å². The monoisotopic (exact) mass is 840 g/mol. The van der Waals surface area contributed by atoms with E-state index < -0.39 is 5.41 Å². The van der Waals surface area contributed by atoms with Crippen LogP contribution in [0.5, 0.6) is 0 Å². The van der Waals surface area contributed by atoms with E-state index in [1.165, 1.54) is 111 Å². The Hall–Kier alpha value is -8.20. The fourth-order valence-corrected chi connectivity index (χ4v) is 12.5. The van der Waals surface area contributed by atoms with Crippen molar-refractivity contribution in [2.45, 2.75) is 24.7 Å². The van der Waals surface area contributed by atoms with Crippen LogP contribution in [-0.2, 0) is 10.8 Å². The average molecular weight is 841 g/mol. The summed E-state index contributed by atoms with van der Waals surface area (Å²) < 4.78 is 2.53. The molecule has 66 heavy (non-hydrogen) atoms. The summed E-state index contributed by atoms with van der Waals surface area (Å²) in [5.74, 6) is 0. The smallest absolute Gasteiger partial charge is 0.0755 e. The van der Waals surface area contributed by atoms with Crippen LogP contribution in [0.2, 0.25) is 0 Å². The molecule has 310 valence electrons. The molecule has 2 heterocycles. The van der Waals surface area contributed by atoms with Gasteiger partial charge >= 0.3 is 0 Å². The number of hydrogen-bond acceptors (Lipinski definition) is 1. The van der Waals surface area contributed by atoms with Crippen molar-refractivity contribution in [3.05, 3.63) is 264 Å². The minimum atomic E-state index is -0.579. The van der Waals surface area contributed by atoms with Crippen molar-refractivity contribution in [1.82, 2.24) is 4.57 Å². The number of anilines is 3. The zero-order chi connectivity index (χ0) is 43.7. The first-order valence-electron chi connectivity index (χ1n) is 23.2. The Morgan fingerprint density at radius 3 is 1.68 bits per heavy atom. The molecule has 0 fully saturated rings. The Morgan fingerprint density at radius 1 is 0.348 bits per heavy atom. The first-order valence-corrected chi connectivity index (χ1v) is 23.2. The molecule has 0 radical (unpaired) electrons. The summed E-state index contributed by atoms with van der Waals surface area (Å²) in [6.07, 6.45) is 0.